The summed E-state index contributed by atoms with van der Waals surface area (Å²) in [7, 11) is 0. The number of hydrogen-bond acceptors (Lipinski definition) is 6. The van der Waals surface area contributed by atoms with Crippen LogP contribution in [0.2, 0.25) is 0 Å². The van der Waals surface area contributed by atoms with Crippen LogP contribution in [0, 0.1) is 5.82 Å². The van der Waals surface area contributed by atoms with Crippen LogP contribution in [0.1, 0.15) is 43.7 Å². The SMILES string of the molecule is CCCCCOCc1cc(F)ccc1C=NN=C1NC(=O)C(CC(=O)O)S1. The number of rotatable bonds is 10. The maximum Gasteiger partial charge on any atom is 0.305 e. The van der Waals surface area contributed by atoms with Crippen LogP contribution < -0.4 is 5.32 Å². The van der Waals surface area contributed by atoms with Gasteiger partial charge in [0.15, 0.2) is 5.17 Å². The summed E-state index contributed by atoms with van der Waals surface area (Å²) in [6.45, 7) is 2.99. The lowest BCUT2D eigenvalue weighted by Crippen LogP contribution is -2.26. The molecule has 0 aliphatic carbocycles. The van der Waals surface area contributed by atoms with Gasteiger partial charge in [-0.05, 0) is 24.1 Å². The van der Waals surface area contributed by atoms with E-state index in [4.69, 9.17) is 9.84 Å². The summed E-state index contributed by atoms with van der Waals surface area (Å²) in [6.07, 6.45) is 4.31. The second kappa shape index (κ2) is 10.8. The summed E-state index contributed by atoms with van der Waals surface area (Å²) in [4.78, 5) is 22.4. The van der Waals surface area contributed by atoms with Gasteiger partial charge >= 0.3 is 5.97 Å². The van der Waals surface area contributed by atoms with Gasteiger partial charge in [-0.15, -0.1) is 5.10 Å². The standard InChI is InChI=1S/C18H22FN3O4S/c1-2-3-4-7-26-11-13-8-14(19)6-5-12(13)10-20-22-18-21-17(25)15(27-18)9-16(23)24/h5-6,8,10,15H,2-4,7,9,11H2,1H3,(H,23,24)(H,21,22,25). The fourth-order valence-electron chi connectivity index (χ4n) is 2.35. The van der Waals surface area contributed by atoms with Crippen molar-refractivity contribution in [3.05, 3.63) is 35.1 Å². The number of halogens is 1. The molecule has 1 saturated heterocycles. The van der Waals surface area contributed by atoms with E-state index in [0.717, 1.165) is 31.0 Å². The van der Waals surface area contributed by atoms with Crippen molar-refractivity contribution in [3.63, 3.8) is 0 Å². The molecule has 0 spiro atoms. The van der Waals surface area contributed by atoms with E-state index in [1.807, 2.05) is 0 Å². The molecule has 1 aliphatic rings. The fourth-order valence-corrected chi connectivity index (χ4v) is 3.27. The zero-order chi connectivity index (χ0) is 19.6. The van der Waals surface area contributed by atoms with Crippen LogP contribution in [-0.2, 0) is 20.9 Å². The van der Waals surface area contributed by atoms with Crippen molar-refractivity contribution < 1.29 is 23.8 Å². The zero-order valence-corrected chi connectivity index (χ0v) is 15.8. The van der Waals surface area contributed by atoms with Gasteiger partial charge in [-0.1, -0.05) is 37.6 Å². The van der Waals surface area contributed by atoms with E-state index in [1.54, 1.807) is 6.07 Å². The highest BCUT2D eigenvalue weighted by Crippen LogP contribution is 2.22. The number of amidine groups is 1. The van der Waals surface area contributed by atoms with Crippen LogP contribution in [-0.4, -0.2) is 40.2 Å². The third-order valence-electron chi connectivity index (χ3n) is 3.74. The van der Waals surface area contributed by atoms with Crippen molar-refractivity contribution in [3.8, 4) is 0 Å². The maximum absolute atomic E-state index is 13.5. The van der Waals surface area contributed by atoms with Gasteiger partial charge in [0.2, 0.25) is 5.91 Å². The third kappa shape index (κ3) is 7.10. The second-order valence-corrected chi connectivity index (χ2v) is 7.14. The Bertz CT molecular complexity index is 739. The van der Waals surface area contributed by atoms with Gasteiger partial charge in [0.25, 0.3) is 0 Å². The van der Waals surface area contributed by atoms with E-state index in [-0.39, 0.29) is 24.0 Å². The number of aliphatic carboxylic acids is 1. The lowest BCUT2D eigenvalue weighted by Gasteiger charge is -2.07. The van der Waals surface area contributed by atoms with E-state index in [9.17, 15) is 14.0 Å². The predicted octanol–water partition coefficient (Wildman–Crippen LogP) is 2.93. The summed E-state index contributed by atoms with van der Waals surface area (Å²) in [6, 6.07) is 4.30. The number of amides is 1. The van der Waals surface area contributed by atoms with Gasteiger partial charge in [0.05, 0.1) is 19.2 Å². The maximum atomic E-state index is 13.5. The number of benzene rings is 1. The van der Waals surface area contributed by atoms with E-state index >= 15 is 0 Å². The topological polar surface area (TPSA) is 100 Å². The lowest BCUT2D eigenvalue weighted by atomic mass is 10.1. The quantitative estimate of drug-likeness (QED) is 0.360. The summed E-state index contributed by atoms with van der Waals surface area (Å²) in [5.74, 6) is -1.82. The molecule has 7 nitrogen and oxygen atoms in total. The number of carbonyl (C=O) groups excluding carboxylic acids is 1. The average Bonchev–Trinajstić information content (AvgIpc) is 2.95. The van der Waals surface area contributed by atoms with E-state index < -0.39 is 17.1 Å². The molecule has 1 amide bonds. The molecule has 9 heteroatoms. The van der Waals surface area contributed by atoms with E-state index in [0.29, 0.717) is 17.7 Å². The molecule has 1 heterocycles. The fraction of sp³-hybridized carbons (Fsp3) is 0.444. The van der Waals surface area contributed by atoms with Gasteiger partial charge in [-0.25, -0.2) is 4.39 Å². The Kier molecular flexibility index (Phi) is 8.41. The number of ether oxygens (including phenoxy) is 1. The van der Waals surface area contributed by atoms with Gasteiger partial charge in [-0.3, -0.25) is 9.59 Å². The van der Waals surface area contributed by atoms with Crippen LogP contribution in [0.4, 0.5) is 4.39 Å². The number of carbonyl (C=O) groups is 2. The summed E-state index contributed by atoms with van der Waals surface area (Å²) in [5, 5.41) is 18.6. The number of thioether (sulfide) groups is 1. The Morgan fingerprint density at radius 2 is 2.26 bits per heavy atom. The Morgan fingerprint density at radius 3 is 3.00 bits per heavy atom. The first-order valence-electron chi connectivity index (χ1n) is 8.66. The monoisotopic (exact) mass is 395 g/mol. The molecule has 1 aromatic rings. The molecule has 1 aliphatic heterocycles. The van der Waals surface area contributed by atoms with Gasteiger partial charge < -0.3 is 15.2 Å². The first-order valence-corrected chi connectivity index (χ1v) is 9.54. The molecule has 0 aromatic heterocycles. The highest BCUT2D eigenvalue weighted by molar-refractivity contribution is 8.15. The molecule has 0 bridgehead atoms. The predicted molar refractivity (Wildman–Crippen MR) is 102 cm³/mol. The lowest BCUT2D eigenvalue weighted by molar-refractivity contribution is -0.138. The number of carboxylic acids is 1. The molecule has 1 atom stereocenters. The number of nitrogens with zero attached hydrogens (tertiary/aromatic N) is 2. The Labute approximate surface area is 161 Å². The number of nitrogens with one attached hydrogen (secondary N) is 1. The Morgan fingerprint density at radius 1 is 1.44 bits per heavy atom. The molecule has 0 saturated carbocycles. The van der Waals surface area contributed by atoms with Crippen LogP contribution in [0.3, 0.4) is 0 Å². The minimum atomic E-state index is -1.05. The molecule has 2 rings (SSSR count). The highest BCUT2D eigenvalue weighted by Gasteiger charge is 2.32. The summed E-state index contributed by atoms with van der Waals surface area (Å²) >= 11 is 1.02. The largest absolute Gasteiger partial charge is 0.481 e. The van der Waals surface area contributed by atoms with E-state index in [1.165, 1.54) is 18.3 Å². The van der Waals surface area contributed by atoms with Crippen LogP contribution in [0.5, 0.6) is 0 Å². The van der Waals surface area contributed by atoms with Crippen molar-refractivity contribution in [1.82, 2.24) is 5.32 Å². The number of hydrogen-bond donors (Lipinski definition) is 2. The van der Waals surface area contributed by atoms with Gasteiger partial charge in [0, 0.05) is 12.2 Å². The van der Waals surface area contributed by atoms with Crippen LogP contribution in [0.25, 0.3) is 0 Å². The number of unbranched alkanes of at least 4 members (excludes halogenated alkanes) is 2. The molecular formula is C18H22FN3O4S. The molecule has 1 fully saturated rings. The van der Waals surface area contributed by atoms with Gasteiger partial charge in [0.1, 0.15) is 11.1 Å². The molecule has 2 N–H and O–H groups in total. The normalized spacial score (nSPS) is 18.4. The molecule has 1 aromatic carbocycles. The molecule has 1 unspecified atom stereocenters. The minimum Gasteiger partial charge on any atom is -0.481 e. The van der Waals surface area contributed by atoms with Crippen LogP contribution in [0.15, 0.2) is 28.4 Å². The second-order valence-electron chi connectivity index (χ2n) is 5.95. The van der Waals surface area contributed by atoms with E-state index in [2.05, 4.69) is 22.4 Å². The van der Waals surface area contributed by atoms with Crippen molar-refractivity contribution in [2.45, 2.75) is 44.5 Å². The van der Waals surface area contributed by atoms with Crippen molar-refractivity contribution in [1.29, 1.82) is 0 Å². The summed E-state index contributed by atoms with van der Waals surface area (Å²) < 4.78 is 19.1. The van der Waals surface area contributed by atoms with Crippen molar-refractivity contribution in [2.24, 2.45) is 10.2 Å². The third-order valence-corrected chi connectivity index (χ3v) is 4.81. The smallest absolute Gasteiger partial charge is 0.305 e. The Hall–Kier alpha value is -2.26. The number of carboxylic acid groups (broad SMARTS) is 1. The van der Waals surface area contributed by atoms with Crippen LogP contribution >= 0.6 is 11.8 Å². The summed E-state index contributed by atoms with van der Waals surface area (Å²) in [5.41, 5.74) is 1.31. The average molecular weight is 395 g/mol. The molecular weight excluding hydrogens is 373 g/mol. The molecule has 146 valence electrons. The Balaban J connectivity index is 1.97. The van der Waals surface area contributed by atoms with Crippen molar-refractivity contribution >= 4 is 35.0 Å². The van der Waals surface area contributed by atoms with Gasteiger partial charge in [-0.2, -0.15) is 5.10 Å². The first-order chi connectivity index (χ1) is 13.0. The zero-order valence-electron chi connectivity index (χ0n) is 15.0. The van der Waals surface area contributed by atoms with Crippen molar-refractivity contribution in [2.75, 3.05) is 6.61 Å². The molecule has 27 heavy (non-hydrogen) atoms. The first kappa shape index (κ1) is 21.0. The highest BCUT2D eigenvalue weighted by atomic mass is 32.2. The molecule has 0 radical (unpaired) electrons. The minimum absolute atomic E-state index is 0.238.